The highest BCUT2D eigenvalue weighted by atomic mass is 16.6. The minimum Gasteiger partial charge on any atom is -0.491 e. The Morgan fingerprint density at radius 3 is 2.14 bits per heavy atom. The number of ether oxygens (including phenoxy) is 5. The first-order chi connectivity index (χ1) is 17.5. The number of nitrogens with zero attached hydrogens (tertiary/aromatic N) is 1. The quantitative estimate of drug-likeness (QED) is 0.216. The van der Waals surface area contributed by atoms with E-state index in [2.05, 4.69) is 10.5 Å². The van der Waals surface area contributed by atoms with Crippen molar-refractivity contribution in [2.24, 2.45) is 11.0 Å². The Kier molecular flexibility index (Phi) is 14.7. The number of carbonyl (C=O) groups is 2. The highest BCUT2D eigenvalue weighted by Crippen LogP contribution is 2.26. The van der Waals surface area contributed by atoms with Crippen LogP contribution in [0.25, 0.3) is 0 Å². The molecule has 0 spiro atoms. The van der Waals surface area contributed by atoms with Gasteiger partial charge in [0, 0.05) is 12.0 Å². The van der Waals surface area contributed by atoms with Crippen molar-refractivity contribution in [2.45, 2.75) is 46.0 Å². The standard InChI is InChI=1S/C26H40N2O8/c1-20(2)18-25(29)28-27-24-5-3-4-21-19-22(6-7-23(21)24)36-17-16-35-15-14-34-13-12-33-11-10-32-9-8-26(30)31/h6-7,19-20H,3-5,8-18H2,1-2H3,(H,28,29)(H,30,31). The maximum absolute atomic E-state index is 11.9. The van der Waals surface area contributed by atoms with Crippen LogP contribution in [-0.2, 0) is 35.0 Å². The van der Waals surface area contributed by atoms with Gasteiger partial charge < -0.3 is 28.8 Å². The highest BCUT2D eigenvalue weighted by Gasteiger charge is 2.17. The third-order valence-electron chi connectivity index (χ3n) is 5.23. The molecule has 2 N–H and O–H groups in total. The van der Waals surface area contributed by atoms with Gasteiger partial charge in [0.05, 0.1) is 65.0 Å². The largest absolute Gasteiger partial charge is 0.491 e. The molecule has 0 saturated heterocycles. The van der Waals surface area contributed by atoms with Gasteiger partial charge in [-0.1, -0.05) is 13.8 Å². The van der Waals surface area contributed by atoms with Gasteiger partial charge in [0.1, 0.15) is 12.4 Å². The molecular weight excluding hydrogens is 468 g/mol. The van der Waals surface area contributed by atoms with Gasteiger partial charge in [0.2, 0.25) is 5.91 Å². The van der Waals surface area contributed by atoms with E-state index in [1.807, 2.05) is 32.0 Å². The third-order valence-corrected chi connectivity index (χ3v) is 5.23. The zero-order valence-corrected chi connectivity index (χ0v) is 21.5. The van der Waals surface area contributed by atoms with Crippen molar-refractivity contribution in [1.29, 1.82) is 0 Å². The molecule has 0 aromatic heterocycles. The van der Waals surface area contributed by atoms with Gasteiger partial charge in [-0.05, 0) is 48.9 Å². The van der Waals surface area contributed by atoms with Crippen LogP contribution in [-0.4, -0.2) is 82.2 Å². The van der Waals surface area contributed by atoms with Crippen molar-refractivity contribution < 1.29 is 38.4 Å². The van der Waals surface area contributed by atoms with Crippen molar-refractivity contribution in [3.63, 3.8) is 0 Å². The summed E-state index contributed by atoms with van der Waals surface area (Å²) >= 11 is 0. The van der Waals surface area contributed by atoms with E-state index in [0.717, 1.165) is 36.3 Å². The summed E-state index contributed by atoms with van der Waals surface area (Å²) < 4.78 is 27.3. The Morgan fingerprint density at radius 2 is 1.53 bits per heavy atom. The summed E-state index contributed by atoms with van der Waals surface area (Å²) in [5.41, 5.74) is 5.85. The SMILES string of the molecule is CC(C)CC(=O)NN=C1CCCc2cc(OCCOCCOCCOCCOCCC(=O)O)ccc21. The minimum absolute atomic E-state index is 0.00162. The molecule has 1 amide bonds. The number of amides is 1. The number of rotatable bonds is 19. The van der Waals surface area contributed by atoms with Gasteiger partial charge in [0.15, 0.2) is 0 Å². The van der Waals surface area contributed by atoms with E-state index in [1.165, 1.54) is 5.56 Å². The van der Waals surface area contributed by atoms with Gasteiger partial charge in [-0.15, -0.1) is 0 Å². The molecule has 0 bridgehead atoms. The molecule has 0 unspecified atom stereocenters. The first-order valence-corrected chi connectivity index (χ1v) is 12.6. The average molecular weight is 509 g/mol. The van der Waals surface area contributed by atoms with Crippen molar-refractivity contribution in [1.82, 2.24) is 5.43 Å². The molecule has 10 heteroatoms. The maximum Gasteiger partial charge on any atom is 0.305 e. The zero-order chi connectivity index (χ0) is 26.0. The topological polar surface area (TPSA) is 125 Å². The number of carbonyl (C=O) groups excluding carboxylic acids is 1. The van der Waals surface area contributed by atoms with Crippen LogP contribution in [0.5, 0.6) is 5.75 Å². The minimum atomic E-state index is -0.873. The Balaban J connectivity index is 1.53. The Morgan fingerprint density at radius 1 is 0.917 bits per heavy atom. The first kappa shape index (κ1) is 29.7. The van der Waals surface area contributed by atoms with E-state index >= 15 is 0 Å². The van der Waals surface area contributed by atoms with Gasteiger partial charge in [0.25, 0.3) is 0 Å². The fraction of sp³-hybridized carbons (Fsp3) is 0.654. The number of carboxylic acid groups (broad SMARTS) is 1. The molecule has 0 aliphatic heterocycles. The summed E-state index contributed by atoms with van der Waals surface area (Å²) in [6.45, 7) is 7.71. The summed E-state index contributed by atoms with van der Waals surface area (Å²) in [6.07, 6.45) is 3.26. The van der Waals surface area contributed by atoms with Crippen LogP contribution in [0.2, 0.25) is 0 Å². The number of fused-ring (bicyclic) bond motifs is 1. The average Bonchev–Trinajstić information content (AvgIpc) is 2.84. The molecule has 1 aromatic rings. The van der Waals surface area contributed by atoms with E-state index in [1.54, 1.807) is 0 Å². The molecule has 36 heavy (non-hydrogen) atoms. The lowest BCUT2D eigenvalue weighted by Crippen LogP contribution is -2.23. The number of carboxylic acids is 1. The first-order valence-electron chi connectivity index (χ1n) is 12.6. The summed E-state index contributed by atoms with van der Waals surface area (Å²) in [6, 6.07) is 5.98. The molecule has 0 radical (unpaired) electrons. The molecule has 0 saturated carbocycles. The number of hydrogen-bond donors (Lipinski definition) is 2. The molecule has 1 aliphatic rings. The molecule has 1 aromatic carbocycles. The molecule has 0 fully saturated rings. The van der Waals surface area contributed by atoms with E-state index in [-0.39, 0.29) is 18.9 Å². The van der Waals surface area contributed by atoms with Crippen LogP contribution in [0.15, 0.2) is 23.3 Å². The molecule has 2 rings (SSSR count). The van der Waals surface area contributed by atoms with Crippen LogP contribution in [0.4, 0.5) is 0 Å². The van der Waals surface area contributed by atoms with Gasteiger partial charge in [-0.25, -0.2) is 5.43 Å². The normalized spacial score (nSPS) is 14.1. The lowest BCUT2D eigenvalue weighted by atomic mass is 9.90. The van der Waals surface area contributed by atoms with Crippen molar-refractivity contribution in [3.8, 4) is 5.75 Å². The molecule has 1 aliphatic carbocycles. The lowest BCUT2D eigenvalue weighted by Gasteiger charge is -2.19. The van der Waals surface area contributed by atoms with Gasteiger partial charge in [-0.2, -0.15) is 5.10 Å². The number of hydrazone groups is 1. The zero-order valence-electron chi connectivity index (χ0n) is 21.5. The second-order valence-electron chi connectivity index (χ2n) is 8.81. The van der Waals surface area contributed by atoms with Crippen LogP contribution < -0.4 is 10.2 Å². The fourth-order valence-corrected chi connectivity index (χ4v) is 3.53. The number of aliphatic carboxylic acids is 1. The second kappa shape index (κ2) is 17.8. The van der Waals surface area contributed by atoms with Crippen LogP contribution in [0.3, 0.4) is 0 Å². The van der Waals surface area contributed by atoms with Crippen molar-refractivity contribution >= 4 is 17.6 Å². The number of nitrogens with one attached hydrogen (secondary N) is 1. The smallest absolute Gasteiger partial charge is 0.305 e. The predicted molar refractivity (Wildman–Crippen MR) is 135 cm³/mol. The monoisotopic (exact) mass is 508 g/mol. The summed E-state index contributed by atoms with van der Waals surface area (Å²) in [4.78, 5) is 22.2. The molecule has 0 atom stereocenters. The number of aryl methyl sites for hydroxylation is 1. The fourth-order valence-electron chi connectivity index (χ4n) is 3.53. The summed E-state index contributed by atoms with van der Waals surface area (Å²) in [5, 5.41) is 12.9. The molecule has 10 nitrogen and oxygen atoms in total. The molecule has 0 heterocycles. The Bertz CT molecular complexity index is 828. The van der Waals surface area contributed by atoms with E-state index in [4.69, 9.17) is 28.8 Å². The number of benzene rings is 1. The van der Waals surface area contributed by atoms with Crippen molar-refractivity contribution in [3.05, 3.63) is 29.3 Å². The summed E-state index contributed by atoms with van der Waals surface area (Å²) in [7, 11) is 0. The molecular formula is C26H40N2O8. The van der Waals surface area contributed by atoms with Crippen LogP contribution >= 0.6 is 0 Å². The Hall–Kier alpha value is -2.53. The molecule has 202 valence electrons. The predicted octanol–water partition coefficient (Wildman–Crippen LogP) is 2.81. The van der Waals surface area contributed by atoms with E-state index < -0.39 is 5.97 Å². The number of hydrogen-bond acceptors (Lipinski definition) is 8. The lowest BCUT2D eigenvalue weighted by molar-refractivity contribution is -0.138. The van der Waals surface area contributed by atoms with Crippen molar-refractivity contribution in [2.75, 3.05) is 59.5 Å². The highest BCUT2D eigenvalue weighted by molar-refractivity contribution is 6.03. The van der Waals surface area contributed by atoms with Gasteiger partial charge >= 0.3 is 5.97 Å². The Labute approximate surface area is 213 Å². The third kappa shape index (κ3) is 13.0. The maximum atomic E-state index is 11.9. The van der Waals surface area contributed by atoms with E-state index in [0.29, 0.717) is 65.2 Å². The van der Waals surface area contributed by atoms with Gasteiger partial charge in [-0.3, -0.25) is 9.59 Å². The second-order valence-corrected chi connectivity index (χ2v) is 8.81. The summed E-state index contributed by atoms with van der Waals surface area (Å²) in [5.74, 6) is 0.167. The van der Waals surface area contributed by atoms with Crippen LogP contribution in [0.1, 0.15) is 50.7 Å². The van der Waals surface area contributed by atoms with E-state index in [9.17, 15) is 9.59 Å². The van der Waals surface area contributed by atoms with Crippen LogP contribution in [0, 0.1) is 5.92 Å².